The van der Waals surface area contributed by atoms with E-state index in [1.165, 1.54) is 18.2 Å². The van der Waals surface area contributed by atoms with Gasteiger partial charge in [-0.15, -0.1) is 0 Å². The predicted molar refractivity (Wildman–Crippen MR) is 57.7 cm³/mol. The fourth-order valence-corrected chi connectivity index (χ4v) is 1.72. The first-order chi connectivity index (χ1) is 7.04. The summed E-state index contributed by atoms with van der Waals surface area (Å²) in [7, 11) is 0. The van der Waals surface area contributed by atoms with Crippen molar-refractivity contribution < 1.29 is 10.2 Å². The van der Waals surface area contributed by atoms with Crippen LogP contribution in [-0.2, 0) is 0 Å². The molecule has 15 heavy (non-hydrogen) atoms. The van der Waals surface area contributed by atoms with E-state index in [1.807, 2.05) is 0 Å². The Kier molecular flexibility index (Phi) is 4.37. The van der Waals surface area contributed by atoms with Crippen LogP contribution in [0.1, 0.15) is 18.1 Å². The Bertz CT molecular complexity index is 369. The molecule has 2 atom stereocenters. The number of hydrogen-bond donors (Lipinski definition) is 2. The lowest BCUT2D eigenvalue weighted by molar-refractivity contribution is 0.0216. The third-order valence-electron chi connectivity index (χ3n) is 1.89. The number of benzene rings is 1. The molecule has 0 aliphatic rings. The molecule has 1 aromatic rings. The molecular weight excluding hydrogens is 237 g/mol. The van der Waals surface area contributed by atoms with Gasteiger partial charge in [0.25, 0.3) is 0 Å². The number of rotatable bonds is 3. The van der Waals surface area contributed by atoms with Crippen LogP contribution in [0.3, 0.4) is 0 Å². The van der Waals surface area contributed by atoms with Gasteiger partial charge in [-0.05, 0) is 23.8 Å². The van der Waals surface area contributed by atoms with E-state index < -0.39 is 12.2 Å². The van der Waals surface area contributed by atoms with E-state index in [0.29, 0.717) is 15.6 Å². The lowest BCUT2D eigenvalue weighted by atomic mass is 10.0. The number of nitrogens with zero attached hydrogens (tertiary/aromatic N) is 1. The second-order valence-electron chi connectivity index (χ2n) is 3.08. The molecule has 2 N–H and O–H groups in total. The molecule has 2 unspecified atom stereocenters. The van der Waals surface area contributed by atoms with Crippen molar-refractivity contribution in [3.63, 3.8) is 0 Å². The number of aliphatic hydroxyl groups is 2. The number of halogens is 2. The Labute approximate surface area is 97.5 Å². The van der Waals surface area contributed by atoms with Gasteiger partial charge >= 0.3 is 0 Å². The highest BCUT2D eigenvalue weighted by atomic mass is 35.5. The quantitative estimate of drug-likeness (QED) is 0.859. The van der Waals surface area contributed by atoms with Crippen molar-refractivity contribution in [2.45, 2.75) is 18.6 Å². The predicted octanol–water partition coefficient (Wildman–Crippen LogP) is 2.30. The summed E-state index contributed by atoms with van der Waals surface area (Å²) in [6, 6.07) is 6.29. The van der Waals surface area contributed by atoms with Crippen LogP contribution in [0.15, 0.2) is 18.2 Å². The van der Waals surface area contributed by atoms with Crippen LogP contribution in [0.2, 0.25) is 10.0 Å². The van der Waals surface area contributed by atoms with Gasteiger partial charge in [-0.3, -0.25) is 0 Å². The third kappa shape index (κ3) is 3.37. The van der Waals surface area contributed by atoms with Crippen molar-refractivity contribution in [3.8, 4) is 6.07 Å². The number of aliphatic hydroxyl groups excluding tert-OH is 2. The van der Waals surface area contributed by atoms with Gasteiger partial charge in [-0.1, -0.05) is 23.2 Å². The molecule has 0 radical (unpaired) electrons. The Morgan fingerprint density at radius 3 is 2.20 bits per heavy atom. The molecule has 3 nitrogen and oxygen atoms in total. The van der Waals surface area contributed by atoms with Crippen LogP contribution >= 0.6 is 23.2 Å². The molecule has 0 fully saturated rings. The molecule has 0 heterocycles. The molecule has 0 aliphatic heterocycles. The summed E-state index contributed by atoms with van der Waals surface area (Å²) in [5.74, 6) is 0. The monoisotopic (exact) mass is 245 g/mol. The first-order valence-electron chi connectivity index (χ1n) is 4.23. The highest BCUT2D eigenvalue weighted by molar-refractivity contribution is 6.34. The summed E-state index contributed by atoms with van der Waals surface area (Å²) in [6.45, 7) is 0. The van der Waals surface area contributed by atoms with E-state index >= 15 is 0 Å². The van der Waals surface area contributed by atoms with E-state index in [0.717, 1.165) is 0 Å². The molecule has 0 aromatic heterocycles. The summed E-state index contributed by atoms with van der Waals surface area (Å²) in [6.07, 6.45) is -2.43. The Morgan fingerprint density at radius 2 is 1.73 bits per heavy atom. The zero-order chi connectivity index (χ0) is 11.4. The van der Waals surface area contributed by atoms with Crippen molar-refractivity contribution in [1.29, 1.82) is 5.26 Å². The maximum atomic E-state index is 9.65. The van der Waals surface area contributed by atoms with E-state index in [1.54, 1.807) is 6.07 Å². The second kappa shape index (κ2) is 5.34. The van der Waals surface area contributed by atoms with Crippen LogP contribution in [-0.4, -0.2) is 16.3 Å². The molecule has 0 saturated heterocycles. The summed E-state index contributed by atoms with van der Waals surface area (Å²) in [5, 5.41) is 28.2. The highest BCUT2D eigenvalue weighted by Crippen LogP contribution is 2.26. The zero-order valence-electron chi connectivity index (χ0n) is 7.69. The lowest BCUT2D eigenvalue weighted by Gasteiger charge is -2.15. The van der Waals surface area contributed by atoms with Crippen molar-refractivity contribution in [1.82, 2.24) is 0 Å². The van der Waals surface area contributed by atoms with Crippen molar-refractivity contribution >= 4 is 23.2 Å². The third-order valence-corrected chi connectivity index (χ3v) is 2.33. The van der Waals surface area contributed by atoms with Gasteiger partial charge in [-0.25, -0.2) is 0 Å². The summed E-state index contributed by atoms with van der Waals surface area (Å²) < 4.78 is 0. The molecule has 1 rings (SSSR count). The molecule has 0 aliphatic carbocycles. The first-order valence-corrected chi connectivity index (χ1v) is 4.99. The van der Waals surface area contributed by atoms with Gasteiger partial charge in [0.15, 0.2) is 0 Å². The normalized spacial score (nSPS) is 14.3. The number of hydrogen-bond acceptors (Lipinski definition) is 3. The van der Waals surface area contributed by atoms with Crippen molar-refractivity contribution in [2.75, 3.05) is 0 Å². The summed E-state index contributed by atoms with van der Waals surface area (Å²) in [5.41, 5.74) is 0.398. The summed E-state index contributed by atoms with van der Waals surface area (Å²) in [4.78, 5) is 0. The van der Waals surface area contributed by atoms with Crippen LogP contribution in [0, 0.1) is 11.3 Å². The SMILES string of the molecule is N#CCC(O)C(O)c1cc(Cl)cc(Cl)c1. The van der Waals surface area contributed by atoms with Crippen LogP contribution in [0.4, 0.5) is 0 Å². The number of nitriles is 1. The smallest absolute Gasteiger partial charge is 0.106 e. The van der Waals surface area contributed by atoms with Crippen molar-refractivity contribution in [2.24, 2.45) is 0 Å². The van der Waals surface area contributed by atoms with Crippen LogP contribution < -0.4 is 0 Å². The van der Waals surface area contributed by atoms with Gasteiger partial charge in [0.05, 0.1) is 18.6 Å². The van der Waals surface area contributed by atoms with Crippen molar-refractivity contribution in [3.05, 3.63) is 33.8 Å². The standard InChI is InChI=1S/C10H9Cl2NO2/c11-7-3-6(4-8(12)5-7)10(15)9(14)1-2-13/h3-5,9-10,14-15H,1H2. The molecule has 0 saturated carbocycles. The van der Waals surface area contributed by atoms with E-state index in [2.05, 4.69) is 0 Å². The van der Waals surface area contributed by atoms with Gasteiger partial charge in [-0.2, -0.15) is 5.26 Å². The molecule has 1 aromatic carbocycles. The molecule has 0 bridgehead atoms. The van der Waals surface area contributed by atoms with Gasteiger partial charge in [0.1, 0.15) is 6.10 Å². The van der Waals surface area contributed by atoms with Crippen LogP contribution in [0.25, 0.3) is 0 Å². The van der Waals surface area contributed by atoms with Gasteiger partial charge < -0.3 is 10.2 Å². The van der Waals surface area contributed by atoms with Gasteiger partial charge in [0, 0.05) is 10.0 Å². The summed E-state index contributed by atoms with van der Waals surface area (Å²) >= 11 is 11.5. The molecule has 0 spiro atoms. The first kappa shape index (κ1) is 12.3. The van der Waals surface area contributed by atoms with E-state index in [9.17, 15) is 10.2 Å². The average Bonchev–Trinajstić information content (AvgIpc) is 2.15. The Morgan fingerprint density at radius 1 is 1.20 bits per heavy atom. The lowest BCUT2D eigenvalue weighted by Crippen LogP contribution is -2.17. The van der Waals surface area contributed by atoms with E-state index in [-0.39, 0.29) is 6.42 Å². The minimum absolute atomic E-state index is 0.148. The minimum Gasteiger partial charge on any atom is -0.389 e. The minimum atomic E-state index is -1.15. The zero-order valence-corrected chi connectivity index (χ0v) is 9.20. The maximum absolute atomic E-state index is 9.65. The largest absolute Gasteiger partial charge is 0.389 e. The maximum Gasteiger partial charge on any atom is 0.106 e. The van der Waals surface area contributed by atoms with E-state index in [4.69, 9.17) is 28.5 Å². The second-order valence-corrected chi connectivity index (χ2v) is 3.95. The molecule has 0 amide bonds. The molecule has 5 heteroatoms. The van der Waals surface area contributed by atoms with Crippen LogP contribution in [0.5, 0.6) is 0 Å². The molecular formula is C10H9Cl2NO2. The highest BCUT2D eigenvalue weighted by Gasteiger charge is 2.18. The fraction of sp³-hybridized carbons (Fsp3) is 0.300. The molecule has 80 valence electrons. The Balaban J connectivity index is 2.91. The topological polar surface area (TPSA) is 64.2 Å². The van der Waals surface area contributed by atoms with Gasteiger partial charge in [0.2, 0.25) is 0 Å². The Hall–Kier alpha value is -0.790. The fourth-order valence-electron chi connectivity index (χ4n) is 1.17. The average molecular weight is 246 g/mol.